The van der Waals surface area contributed by atoms with Crippen LogP contribution < -0.4 is 17.1 Å². The van der Waals surface area contributed by atoms with Gasteiger partial charge in [0, 0.05) is 0 Å². The van der Waals surface area contributed by atoms with Crippen molar-refractivity contribution in [1.29, 1.82) is 0 Å². The summed E-state index contributed by atoms with van der Waals surface area (Å²) in [5.74, 6) is 5.25. The molecule has 1 aromatic rings. The first kappa shape index (κ1) is 8.95. The van der Waals surface area contributed by atoms with E-state index in [1.807, 2.05) is 30.3 Å². The van der Waals surface area contributed by atoms with E-state index in [0.717, 1.165) is 5.56 Å². The lowest BCUT2D eigenvalue weighted by molar-refractivity contribution is -0.133. The molecule has 1 unspecified atom stereocenters. The van der Waals surface area contributed by atoms with Crippen molar-refractivity contribution >= 4 is 6.02 Å². The lowest BCUT2D eigenvalue weighted by Crippen LogP contribution is -2.43. The molecule has 1 atom stereocenters. The zero-order valence-electron chi connectivity index (χ0n) is 7.42. The topological polar surface area (TPSA) is 88.9 Å². The number of nitrogens with zero attached hydrogens (tertiary/aromatic N) is 2. The highest BCUT2D eigenvalue weighted by Crippen LogP contribution is 2.24. The predicted octanol–water partition coefficient (Wildman–Crippen LogP) is -0.375. The second-order valence-corrected chi connectivity index (χ2v) is 2.80. The summed E-state index contributed by atoms with van der Waals surface area (Å²) in [5, 5.41) is 1.28. The number of hydrogen-bond donors (Lipinski definition) is 3. The summed E-state index contributed by atoms with van der Waals surface area (Å²) in [6.45, 7) is 0. The Labute approximate surface area is 81.0 Å². The summed E-state index contributed by atoms with van der Waals surface area (Å²) in [7, 11) is 0. The number of hydroxylamine groups is 1. The first-order valence-electron chi connectivity index (χ1n) is 4.13. The van der Waals surface area contributed by atoms with E-state index in [0.29, 0.717) is 0 Å². The van der Waals surface area contributed by atoms with E-state index in [4.69, 9.17) is 16.4 Å². The van der Waals surface area contributed by atoms with Crippen LogP contribution in [0.15, 0.2) is 35.3 Å². The van der Waals surface area contributed by atoms with Gasteiger partial charge in [0.05, 0.1) is 0 Å². The van der Waals surface area contributed by atoms with E-state index < -0.39 is 0 Å². The third-order valence-electron chi connectivity index (χ3n) is 1.89. The highest BCUT2D eigenvalue weighted by molar-refractivity contribution is 5.72. The maximum absolute atomic E-state index is 5.42. The number of amidine groups is 1. The summed E-state index contributed by atoms with van der Waals surface area (Å²) in [6.07, 6.45) is -0.332. The molecule has 2 rings (SSSR count). The lowest BCUT2D eigenvalue weighted by Gasteiger charge is -2.18. The lowest BCUT2D eigenvalue weighted by atomic mass is 10.2. The molecular weight excluding hydrogens is 182 g/mol. The van der Waals surface area contributed by atoms with Crippen LogP contribution in [-0.2, 0) is 4.84 Å². The van der Waals surface area contributed by atoms with Gasteiger partial charge in [-0.1, -0.05) is 30.3 Å². The van der Waals surface area contributed by atoms with Gasteiger partial charge in [-0.15, -0.1) is 0 Å². The van der Waals surface area contributed by atoms with Crippen molar-refractivity contribution in [2.75, 3.05) is 0 Å². The molecule has 5 N–H and O–H groups in total. The first-order chi connectivity index (χ1) is 6.81. The number of aliphatic imine (C=N–C) groups is 1. The molecule has 0 radical (unpaired) electrons. The van der Waals surface area contributed by atoms with Gasteiger partial charge in [-0.25, -0.2) is 4.99 Å². The maximum atomic E-state index is 5.42. The summed E-state index contributed by atoms with van der Waals surface area (Å²) in [6, 6.07) is 9.67. The minimum absolute atomic E-state index is 0.0943. The van der Waals surface area contributed by atoms with Crippen LogP contribution in [-0.4, -0.2) is 11.2 Å². The monoisotopic (exact) mass is 193 g/mol. The van der Waals surface area contributed by atoms with Crippen LogP contribution in [0.5, 0.6) is 0 Å². The van der Waals surface area contributed by atoms with E-state index in [1.165, 1.54) is 5.17 Å². The van der Waals surface area contributed by atoms with Crippen LogP contribution in [0, 0.1) is 0 Å². The van der Waals surface area contributed by atoms with Gasteiger partial charge < -0.3 is 10.6 Å². The largest absolute Gasteiger partial charge is 0.352 e. The Hall–Kier alpha value is -1.63. The van der Waals surface area contributed by atoms with Crippen LogP contribution in [0.2, 0.25) is 0 Å². The second-order valence-electron chi connectivity index (χ2n) is 2.80. The smallest absolute Gasteiger partial charge is 0.306 e. The Balaban J connectivity index is 2.25. The average molecular weight is 193 g/mol. The quantitative estimate of drug-likeness (QED) is 0.440. The Morgan fingerprint density at radius 1 is 1.36 bits per heavy atom. The molecule has 0 bridgehead atoms. The molecule has 0 aliphatic carbocycles. The van der Waals surface area contributed by atoms with Crippen molar-refractivity contribution in [2.24, 2.45) is 16.6 Å². The van der Waals surface area contributed by atoms with Crippen LogP contribution in [0.4, 0.5) is 0 Å². The number of benzene rings is 1. The molecule has 6 nitrogen and oxygen atoms in total. The van der Waals surface area contributed by atoms with Gasteiger partial charge in [-0.05, 0) is 10.7 Å². The van der Waals surface area contributed by atoms with Crippen molar-refractivity contribution in [3.63, 3.8) is 0 Å². The summed E-state index contributed by atoms with van der Waals surface area (Å²) >= 11 is 0. The Morgan fingerprint density at radius 2 is 2.07 bits per heavy atom. The molecule has 1 aliphatic rings. The average Bonchev–Trinajstić information content (AvgIpc) is 2.61. The number of nitrogens with one attached hydrogen (secondary N) is 1. The summed E-state index contributed by atoms with van der Waals surface area (Å²) in [5.41, 5.74) is 8.73. The fourth-order valence-corrected chi connectivity index (χ4v) is 1.28. The molecule has 1 aromatic carbocycles. The molecule has 0 aromatic heterocycles. The van der Waals surface area contributed by atoms with E-state index in [2.05, 4.69) is 10.5 Å². The maximum Gasteiger partial charge on any atom is 0.306 e. The van der Waals surface area contributed by atoms with Crippen molar-refractivity contribution < 1.29 is 4.84 Å². The second kappa shape index (κ2) is 3.62. The van der Waals surface area contributed by atoms with Gasteiger partial charge in [0.2, 0.25) is 0 Å². The summed E-state index contributed by atoms with van der Waals surface area (Å²) in [4.78, 5) is 9.07. The van der Waals surface area contributed by atoms with Crippen LogP contribution in [0.3, 0.4) is 0 Å². The van der Waals surface area contributed by atoms with E-state index in [-0.39, 0.29) is 12.2 Å². The molecule has 14 heavy (non-hydrogen) atoms. The van der Waals surface area contributed by atoms with Crippen molar-refractivity contribution in [1.82, 2.24) is 10.7 Å². The summed E-state index contributed by atoms with van der Waals surface area (Å²) < 4.78 is 0. The third-order valence-corrected chi connectivity index (χ3v) is 1.89. The van der Waals surface area contributed by atoms with Gasteiger partial charge in [-0.2, -0.15) is 5.53 Å². The molecule has 0 fully saturated rings. The van der Waals surface area contributed by atoms with Gasteiger partial charge >= 0.3 is 6.02 Å². The fraction of sp³-hybridized carbons (Fsp3) is 0.125. The predicted molar refractivity (Wildman–Crippen MR) is 51.1 cm³/mol. The molecule has 6 heteroatoms. The molecule has 1 aliphatic heterocycles. The molecule has 1 heterocycles. The standard InChI is InChI=1S/C8H11N5O/c9-8-11-7(13(12-10)14-8)6-4-2-1-3-5-6/h1-5,7,12H,10H2,(H2,9,11). The number of hydrazine groups is 2. The van der Waals surface area contributed by atoms with E-state index >= 15 is 0 Å². The number of hydrogen-bond acceptors (Lipinski definition) is 6. The molecule has 0 saturated carbocycles. The van der Waals surface area contributed by atoms with Gasteiger partial charge in [0.25, 0.3) is 0 Å². The highest BCUT2D eigenvalue weighted by atomic mass is 16.7. The van der Waals surface area contributed by atoms with Crippen LogP contribution >= 0.6 is 0 Å². The van der Waals surface area contributed by atoms with Crippen molar-refractivity contribution in [3.05, 3.63) is 35.9 Å². The van der Waals surface area contributed by atoms with Crippen molar-refractivity contribution in [3.8, 4) is 0 Å². The molecule has 0 spiro atoms. The number of rotatable bonds is 2. The van der Waals surface area contributed by atoms with Gasteiger partial charge in [-0.3, -0.25) is 5.84 Å². The van der Waals surface area contributed by atoms with Gasteiger partial charge in [0.1, 0.15) is 0 Å². The minimum atomic E-state index is -0.332. The SMILES string of the molecule is NNN1OC(N)=NC1c1ccccc1. The van der Waals surface area contributed by atoms with E-state index in [9.17, 15) is 0 Å². The zero-order valence-corrected chi connectivity index (χ0v) is 7.42. The Bertz CT molecular complexity index is 339. The third kappa shape index (κ3) is 1.53. The minimum Gasteiger partial charge on any atom is -0.352 e. The van der Waals surface area contributed by atoms with E-state index in [1.54, 1.807) is 0 Å². The molecule has 0 saturated heterocycles. The first-order valence-corrected chi connectivity index (χ1v) is 4.13. The Kier molecular flexibility index (Phi) is 2.32. The normalized spacial score (nSPS) is 21.8. The molecular formula is C8H11N5O. The Morgan fingerprint density at radius 3 is 2.71 bits per heavy atom. The number of nitrogens with two attached hydrogens (primary N) is 2. The van der Waals surface area contributed by atoms with Crippen LogP contribution in [0.25, 0.3) is 0 Å². The fourth-order valence-electron chi connectivity index (χ4n) is 1.28. The molecule has 74 valence electrons. The van der Waals surface area contributed by atoms with Crippen LogP contribution in [0.1, 0.15) is 11.7 Å². The van der Waals surface area contributed by atoms with Crippen molar-refractivity contribution in [2.45, 2.75) is 6.17 Å². The van der Waals surface area contributed by atoms with Gasteiger partial charge in [0.15, 0.2) is 6.17 Å². The zero-order chi connectivity index (χ0) is 9.97. The highest BCUT2D eigenvalue weighted by Gasteiger charge is 2.27. The molecule has 0 amide bonds.